The van der Waals surface area contributed by atoms with Gasteiger partial charge in [0.2, 0.25) is 0 Å². The summed E-state index contributed by atoms with van der Waals surface area (Å²) in [6, 6.07) is 4.17. The lowest BCUT2D eigenvalue weighted by atomic mass is 9.92. The number of phenols is 2. The van der Waals surface area contributed by atoms with E-state index >= 15 is 0 Å². The monoisotopic (exact) mass is 365 g/mol. The van der Waals surface area contributed by atoms with Crippen molar-refractivity contribution in [3.63, 3.8) is 0 Å². The maximum Gasteiger partial charge on any atom is 0.519 e. The Balaban J connectivity index is 2.09. The first-order valence-electron chi connectivity index (χ1n) is 8.00. The van der Waals surface area contributed by atoms with Crippen LogP contribution in [0, 0.1) is 0 Å². The summed E-state index contributed by atoms with van der Waals surface area (Å²) in [5.41, 5.74) is 4.70. The molecule has 0 amide bonds. The van der Waals surface area contributed by atoms with Crippen molar-refractivity contribution in [3.8, 4) is 11.5 Å². The molecule has 2 rings (SSSR count). The fraction of sp³-hybridized carbons (Fsp3) is 0.444. The van der Waals surface area contributed by atoms with Crippen molar-refractivity contribution in [1.29, 1.82) is 0 Å². The number of carbonyl (C=O) groups is 1. The summed E-state index contributed by atoms with van der Waals surface area (Å²) in [5, 5.41) is 18.9. The molecule has 142 valence electrons. The van der Waals surface area contributed by atoms with Crippen LogP contribution in [0.15, 0.2) is 31.8 Å². The second-order valence-electron chi connectivity index (χ2n) is 7.45. The van der Waals surface area contributed by atoms with Gasteiger partial charge in [-0.25, -0.2) is 4.79 Å². The highest BCUT2D eigenvalue weighted by Gasteiger charge is 2.32. The zero-order valence-electron chi connectivity index (χ0n) is 15.2. The molecule has 0 unspecified atom stereocenters. The van der Waals surface area contributed by atoms with Gasteiger partial charge in [0.05, 0.1) is 0 Å². The maximum absolute atomic E-state index is 12.4. The van der Waals surface area contributed by atoms with E-state index in [1.54, 1.807) is 6.07 Å². The third-order valence-corrected chi connectivity index (χ3v) is 3.74. The minimum atomic E-state index is -1.39. The quantitative estimate of drug-likeness (QED) is 0.540. The fourth-order valence-electron chi connectivity index (χ4n) is 2.45. The van der Waals surface area contributed by atoms with Crippen molar-refractivity contribution in [2.75, 3.05) is 0 Å². The topological polar surface area (TPSA) is 136 Å². The van der Waals surface area contributed by atoms with Crippen LogP contribution >= 0.6 is 0 Å². The van der Waals surface area contributed by atoms with Crippen molar-refractivity contribution in [2.45, 2.75) is 51.7 Å². The van der Waals surface area contributed by atoms with Gasteiger partial charge in [0, 0.05) is 11.8 Å². The third kappa shape index (κ3) is 4.45. The summed E-state index contributed by atoms with van der Waals surface area (Å²) in [6.45, 7) is 6.68. The van der Waals surface area contributed by atoms with Gasteiger partial charge in [0.25, 0.3) is 0 Å². The molecular weight excluding hydrogens is 342 g/mol. The minimum absolute atomic E-state index is 0.0706. The van der Waals surface area contributed by atoms with E-state index in [1.165, 1.54) is 19.1 Å². The van der Waals surface area contributed by atoms with E-state index in [1.807, 2.05) is 20.8 Å². The second-order valence-corrected chi connectivity index (χ2v) is 7.45. The van der Waals surface area contributed by atoms with Crippen LogP contribution in [-0.4, -0.2) is 21.7 Å². The molecule has 1 aromatic heterocycles. The van der Waals surface area contributed by atoms with Gasteiger partial charge < -0.3 is 29.5 Å². The smallest absolute Gasteiger partial charge is 0.504 e. The summed E-state index contributed by atoms with van der Waals surface area (Å²) in [6.07, 6.45) is 0.0706. The number of ether oxygens (including phenoxy) is 1. The van der Waals surface area contributed by atoms with Gasteiger partial charge in [-0.05, 0) is 24.6 Å². The van der Waals surface area contributed by atoms with Crippen LogP contribution in [0.5, 0.6) is 11.5 Å². The van der Waals surface area contributed by atoms with E-state index < -0.39 is 22.7 Å². The Morgan fingerprint density at radius 2 is 1.81 bits per heavy atom. The molecule has 2 aromatic rings. The average molecular weight is 365 g/mol. The lowest BCUT2D eigenvalue weighted by Gasteiger charge is -2.23. The van der Waals surface area contributed by atoms with Crippen molar-refractivity contribution in [2.24, 2.45) is 5.73 Å². The predicted molar refractivity (Wildman–Crippen MR) is 91.8 cm³/mol. The number of hydrogen-bond donors (Lipinski definition) is 3. The second kappa shape index (κ2) is 6.87. The molecule has 1 atom stereocenters. The molecule has 26 heavy (non-hydrogen) atoms. The summed E-state index contributed by atoms with van der Waals surface area (Å²) in [5.74, 6) is -1.71. The lowest BCUT2D eigenvalue weighted by molar-refractivity contribution is -0.151. The molecule has 1 heterocycles. The molecular formula is C18H23NO7. The molecule has 8 heteroatoms. The van der Waals surface area contributed by atoms with Gasteiger partial charge in [0.1, 0.15) is 5.54 Å². The molecule has 0 radical (unpaired) electrons. The number of rotatable bonds is 5. The van der Waals surface area contributed by atoms with Crippen LogP contribution in [0.4, 0.5) is 0 Å². The van der Waals surface area contributed by atoms with Gasteiger partial charge in [-0.1, -0.05) is 26.8 Å². The van der Waals surface area contributed by atoms with Crippen molar-refractivity contribution < 1.29 is 28.6 Å². The van der Waals surface area contributed by atoms with Gasteiger partial charge in [-0.2, -0.15) is 0 Å². The Labute approximate surface area is 150 Å². The SMILES string of the molecule is CC(C)(C)c1oc(=O)oc1COC(=O)[C@@](C)(N)Cc1ccc(O)c(O)c1. The Hall–Kier alpha value is -2.74. The van der Waals surface area contributed by atoms with Crippen LogP contribution in [-0.2, 0) is 28.0 Å². The number of nitrogens with two attached hydrogens (primary N) is 1. The number of aromatic hydroxyl groups is 2. The zero-order chi connectivity index (χ0) is 19.7. The van der Waals surface area contributed by atoms with Crippen LogP contribution < -0.4 is 11.6 Å². The van der Waals surface area contributed by atoms with Gasteiger partial charge in [-0.3, -0.25) is 4.79 Å². The molecule has 0 spiro atoms. The summed E-state index contributed by atoms with van der Waals surface area (Å²) in [7, 11) is 0. The summed E-state index contributed by atoms with van der Waals surface area (Å²) in [4.78, 5) is 23.7. The number of esters is 1. The molecule has 0 aliphatic heterocycles. The largest absolute Gasteiger partial charge is 0.519 e. The van der Waals surface area contributed by atoms with E-state index in [9.17, 15) is 19.8 Å². The van der Waals surface area contributed by atoms with Gasteiger partial charge in [-0.15, -0.1) is 0 Å². The zero-order valence-corrected chi connectivity index (χ0v) is 15.2. The Bertz CT molecular complexity index is 855. The van der Waals surface area contributed by atoms with Crippen molar-refractivity contribution in [1.82, 2.24) is 0 Å². The first-order valence-corrected chi connectivity index (χ1v) is 8.00. The normalized spacial score (nSPS) is 14.0. The van der Waals surface area contributed by atoms with Crippen LogP contribution in [0.2, 0.25) is 0 Å². The highest BCUT2D eigenvalue weighted by atomic mass is 16.6. The molecule has 0 fully saturated rings. The molecule has 1 aromatic carbocycles. The van der Waals surface area contributed by atoms with Crippen molar-refractivity contribution >= 4 is 5.97 Å². The van der Waals surface area contributed by atoms with E-state index in [0.717, 1.165) is 0 Å². The molecule has 0 bridgehead atoms. The third-order valence-electron chi connectivity index (χ3n) is 3.74. The molecule has 0 saturated carbocycles. The average Bonchev–Trinajstić information content (AvgIpc) is 2.89. The number of benzene rings is 1. The predicted octanol–water partition coefficient (Wildman–Crippen LogP) is 1.94. The number of hydrogen-bond acceptors (Lipinski definition) is 8. The fourth-order valence-corrected chi connectivity index (χ4v) is 2.45. The van der Waals surface area contributed by atoms with Gasteiger partial charge >= 0.3 is 11.8 Å². The summed E-state index contributed by atoms with van der Waals surface area (Å²) >= 11 is 0. The Morgan fingerprint density at radius 1 is 1.15 bits per heavy atom. The number of phenolic OH excluding ortho intramolecular Hbond substituents is 2. The van der Waals surface area contributed by atoms with Crippen molar-refractivity contribution in [3.05, 3.63) is 45.9 Å². The highest BCUT2D eigenvalue weighted by Crippen LogP contribution is 2.28. The van der Waals surface area contributed by atoms with E-state index in [4.69, 9.17) is 19.3 Å². The molecule has 8 nitrogen and oxygen atoms in total. The Kier molecular flexibility index (Phi) is 5.18. The summed E-state index contributed by atoms with van der Waals surface area (Å²) < 4.78 is 15.2. The first-order chi connectivity index (χ1) is 11.9. The molecule has 0 aliphatic rings. The van der Waals surface area contributed by atoms with Gasteiger partial charge in [0.15, 0.2) is 29.6 Å². The van der Waals surface area contributed by atoms with E-state index in [2.05, 4.69) is 0 Å². The minimum Gasteiger partial charge on any atom is -0.504 e. The van der Waals surface area contributed by atoms with Crippen LogP contribution in [0.3, 0.4) is 0 Å². The van der Waals surface area contributed by atoms with E-state index in [-0.39, 0.29) is 30.3 Å². The van der Waals surface area contributed by atoms with E-state index in [0.29, 0.717) is 11.3 Å². The number of carbonyl (C=O) groups excluding carboxylic acids is 1. The standard InChI is InChI=1S/C18H23NO7/c1-17(2,3)14-13(25-16(23)26-14)9-24-15(22)18(4,19)8-10-5-6-11(20)12(21)7-10/h5-7,20-21H,8-9,19H2,1-4H3/t18-/m0/s1. The molecule has 0 aliphatic carbocycles. The molecule has 0 saturated heterocycles. The maximum atomic E-state index is 12.4. The first kappa shape index (κ1) is 19.6. The lowest BCUT2D eigenvalue weighted by Crippen LogP contribution is -2.48. The van der Waals surface area contributed by atoms with Crippen LogP contribution in [0.25, 0.3) is 0 Å². The highest BCUT2D eigenvalue weighted by molar-refractivity contribution is 5.80. The van der Waals surface area contributed by atoms with Crippen LogP contribution in [0.1, 0.15) is 44.8 Å². The molecule has 4 N–H and O–H groups in total. The Morgan fingerprint density at radius 3 is 2.38 bits per heavy atom.